The Labute approximate surface area is 83.6 Å². The third-order valence-corrected chi connectivity index (χ3v) is 2.91. The second-order valence-electron chi connectivity index (χ2n) is 4.05. The molecule has 82 valence electrons. The van der Waals surface area contributed by atoms with Crippen LogP contribution in [0.4, 0.5) is 0 Å². The number of carbonyl (C=O) groups is 1. The molecule has 1 saturated carbocycles. The molecule has 2 atom stereocenters. The predicted octanol–water partition coefficient (Wildman–Crippen LogP) is 0.763. The Kier molecular flexibility index (Phi) is 4.35. The van der Waals surface area contributed by atoms with Crippen LogP contribution in [0, 0.1) is 5.92 Å². The van der Waals surface area contributed by atoms with Crippen LogP contribution in [-0.4, -0.2) is 33.5 Å². The average molecular weight is 202 g/mol. The van der Waals surface area contributed by atoms with E-state index in [9.17, 15) is 15.0 Å². The van der Waals surface area contributed by atoms with Gasteiger partial charge >= 0.3 is 5.97 Å². The van der Waals surface area contributed by atoms with E-state index in [0.29, 0.717) is 0 Å². The Hall–Kier alpha value is -0.610. The Morgan fingerprint density at radius 3 is 2.29 bits per heavy atom. The van der Waals surface area contributed by atoms with Crippen molar-refractivity contribution in [1.82, 2.24) is 0 Å². The minimum Gasteiger partial charge on any atom is -0.481 e. The van der Waals surface area contributed by atoms with Crippen molar-refractivity contribution < 1.29 is 20.1 Å². The molecule has 3 N–H and O–H groups in total. The van der Waals surface area contributed by atoms with E-state index in [4.69, 9.17) is 5.11 Å². The van der Waals surface area contributed by atoms with Crippen LogP contribution in [0.5, 0.6) is 0 Å². The smallest absolute Gasteiger partial charge is 0.306 e. The molecule has 0 bridgehead atoms. The zero-order chi connectivity index (χ0) is 10.6. The van der Waals surface area contributed by atoms with Gasteiger partial charge in [0.25, 0.3) is 0 Å². The lowest BCUT2D eigenvalue weighted by atomic mass is 9.83. The molecule has 2 unspecified atom stereocenters. The standard InChI is InChI=1S/C10H18O4/c11-8(6-9(12)13)10(14)7-4-2-1-3-5-7/h7-8,10-11,14H,1-6H2,(H,12,13). The summed E-state index contributed by atoms with van der Waals surface area (Å²) in [7, 11) is 0. The van der Waals surface area contributed by atoms with Gasteiger partial charge in [-0.25, -0.2) is 0 Å². The van der Waals surface area contributed by atoms with Gasteiger partial charge in [0.15, 0.2) is 0 Å². The van der Waals surface area contributed by atoms with Crippen LogP contribution < -0.4 is 0 Å². The molecule has 0 aromatic rings. The molecule has 0 aromatic carbocycles. The first-order valence-electron chi connectivity index (χ1n) is 5.19. The fourth-order valence-electron chi connectivity index (χ4n) is 2.09. The van der Waals surface area contributed by atoms with Crippen LogP contribution in [0.1, 0.15) is 38.5 Å². The molecule has 14 heavy (non-hydrogen) atoms. The highest BCUT2D eigenvalue weighted by Gasteiger charge is 2.28. The van der Waals surface area contributed by atoms with Gasteiger partial charge in [-0.05, 0) is 18.8 Å². The van der Waals surface area contributed by atoms with Gasteiger partial charge in [-0.15, -0.1) is 0 Å². The quantitative estimate of drug-likeness (QED) is 0.629. The maximum Gasteiger partial charge on any atom is 0.306 e. The highest BCUT2D eigenvalue weighted by molar-refractivity contribution is 5.67. The summed E-state index contributed by atoms with van der Waals surface area (Å²) in [6, 6.07) is 0. The maximum atomic E-state index is 10.3. The minimum absolute atomic E-state index is 0.0816. The van der Waals surface area contributed by atoms with E-state index in [2.05, 4.69) is 0 Å². The van der Waals surface area contributed by atoms with Gasteiger partial charge in [0.1, 0.15) is 0 Å². The van der Waals surface area contributed by atoms with E-state index in [0.717, 1.165) is 25.7 Å². The zero-order valence-electron chi connectivity index (χ0n) is 8.22. The maximum absolute atomic E-state index is 10.3. The molecule has 1 aliphatic rings. The Morgan fingerprint density at radius 1 is 1.21 bits per heavy atom. The zero-order valence-corrected chi connectivity index (χ0v) is 8.22. The van der Waals surface area contributed by atoms with Crippen molar-refractivity contribution in [3.05, 3.63) is 0 Å². The van der Waals surface area contributed by atoms with E-state index in [1.54, 1.807) is 0 Å². The minimum atomic E-state index is -1.12. The van der Waals surface area contributed by atoms with Gasteiger partial charge in [0, 0.05) is 0 Å². The number of carboxylic acids is 1. The van der Waals surface area contributed by atoms with Crippen LogP contribution in [-0.2, 0) is 4.79 Å². The van der Waals surface area contributed by atoms with Gasteiger partial charge in [-0.2, -0.15) is 0 Å². The van der Waals surface area contributed by atoms with Crippen molar-refractivity contribution in [2.75, 3.05) is 0 Å². The largest absolute Gasteiger partial charge is 0.481 e. The highest BCUT2D eigenvalue weighted by atomic mass is 16.4. The molecule has 0 saturated heterocycles. The fraction of sp³-hybridized carbons (Fsp3) is 0.900. The molecule has 1 rings (SSSR count). The summed E-state index contributed by atoms with van der Waals surface area (Å²) in [4.78, 5) is 10.3. The first-order valence-corrected chi connectivity index (χ1v) is 5.19. The molecule has 4 heteroatoms. The van der Waals surface area contributed by atoms with Crippen LogP contribution in [0.3, 0.4) is 0 Å². The highest BCUT2D eigenvalue weighted by Crippen LogP contribution is 2.28. The topological polar surface area (TPSA) is 77.8 Å². The molecular weight excluding hydrogens is 184 g/mol. The third kappa shape index (κ3) is 3.27. The monoisotopic (exact) mass is 202 g/mol. The number of aliphatic carboxylic acids is 1. The van der Waals surface area contributed by atoms with Gasteiger partial charge < -0.3 is 15.3 Å². The normalized spacial score (nSPS) is 23.0. The summed E-state index contributed by atoms with van der Waals surface area (Å²) in [5.74, 6) is -0.981. The number of aliphatic hydroxyl groups is 2. The number of carboxylic acid groups (broad SMARTS) is 1. The molecule has 0 amide bonds. The molecule has 0 aliphatic heterocycles. The summed E-state index contributed by atoms with van der Waals surface area (Å²) in [6.07, 6.45) is 2.77. The van der Waals surface area contributed by atoms with Crippen LogP contribution in [0.2, 0.25) is 0 Å². The molecule has 0 radical (unpaired) electrons. The summed E-state index contributed by atoms with van der Waals surface area (Å²) < 4.78 is 0. The fourth-order valence-corrected chi connectivity index (χ4v) is 2.09. The van der Waals surface area contributed by atoms with Crippen LogP contribution in [0.25, 0.3) is 0 Å². The van der Waals surface area contributed by atoms with Crippen molar-refractivity contribution in [3.63, 3.8) is 0 Å². The molecule has 0 heterocycles. The Balaban J connectivity index is 2.37. The summed E-state index contributed by atoms with van der Waals surface area (Å²) in [5, 5.41) is 27.5. The molecule has 4 nitrogen and oxygen atoms in total. The predicted molar refractivity (Wildman–Crippen MR) is 50.8 cm³/mol. The molecular formula is C10H18O4. The van der Waals surface area contributed by atoms with Crippen molar-refractivity contribution in [2.24, 2.45) is 5.92 Å². The van der Waals surface area contributed by atoms with E-state index < -0.39 is 18.2 Å². The van der Waals surface area contributed by atoms with Crippen LogP contribution in [0.15, 0.2) is 0 Å². The second kappa shape index (κ2) is 5.32. The average Bonchev–Trinajstić information content (AvgIpc) is 2.17. The van der Waals surface area contributed by atoms with Crippen molar-refractivity contribution in [1.29, 1.82) is 0 Å². The van der Waals surface area contributed by atoms with E-state index >= 15 is 0 Å². The Bertz CT molecular complexity index is 187. The number of hydrogen-bond donors (Lipinski definition) is 3. The molecule has 0 spiro atoms. The summed E-state index contributed by atoms with van der Waals surface area (Å²) in [6.45, 7) is 0. The number of rotatable bonds is 4. The van der Waals surface area contributed by atoms with E-state index in [1.807, 2.05) is 0 Å². The first-order chi connectivity index (χ1) is 6.61. The number of aliphatic hydroxyl groups excluding tert-OH is 2. The second-order valence-corrected chi connectivity index (χ2v) is 4.05. The van der Waals surface area contributed by atoms with Crippen LogP contribution >= 0.6 is 0 Å². The van der Waals surface area contributed by atoms with Crippen molar-refractivity contribution in [2.45, 2.75) is 50.7 Å². The first kappa shape index (κ1) is 11.5. The Morgan fingerprint density at radius 2 is 1.79 bits per heavy atom. The molecule has 1 fully saturated rings. The van der Waals surface area contributed by atoms with Gasteiger partial charge in [0.05, 0.1) is 18.6 Å². The van der Waals surface area contributed by atoms with Crippen molar-refractivity contribution >= 4 is 5.97 Å². The van der Waals surface area contributed by atoms with Crippen molar-refractivity contribution in [3.8, 4) is 0 Å². The third-order valence-electron chi connectivity index (χ3n) is 2.91. The lowest BCUT2D eigenvalue weighted by Gasteiger charge is -2.29. The SMILES string of the molecule is O=C(O)CC(O)C(O)C1CCCCC1. The summed E-state index contributed by atoms with van der Waals surface area (Å²) >= 11 is 0. The van der Waals surface area contributed by atoms with E-state index in [-0.39, 0.29) is 12.3 Å². The van der Waals surface area contributed by atoms with Gasteiger partial charge in [-0.3, -0.25) is 4.79 Å². The van der Waals surface area contributed by atoms with Gasteiger partial charge in [-0.1, -0.05) is 19.3 Å². The molecule has 0 aromatic heterocycles. The lowest BCUT2D eigenvalue weighted by molar-refractivity contribution is -0.142. The van der Waals surface area contributed by atoms with Gasteiger partial charge in [0.2, 0.25) is 0 Å². The number of hydrogen-bond acceptors (Lipinski definition) is 3. The van der Waals surface area contributed by atoms with E-state index in [1.165, 1.54) is 6.42 Å². The lowest BCUT2D eigenvalue weighted by Crippen LogP contribution is -2.36. The molecule has 1 aliphatic carbocycles. The summed E-state index contributed by atoms with van der Waals surface area (Å²) in [5.41, 5.74) is 0.